The number of para-hydroxylation sites is 1. The van der Waals surface area contributed by atoms with Crippen LogP contribution in [0.1, 0.15) is 20.8 Å². The minimum atomic E-state index is 0. The average molecular weight is 473 g/mol. The molecule has 0 saturated carbocycles. The molecule has 0 spiro atoms. The molecule has 2 rings (SSSR count). The number of guanidine groups is 1. The summed E-state index contributed by atoms with van der Waals surface area (Å²) in [5.74, 6) is 1.04. The maximum atomic E-state index is 11.6. The van der Waals surface area contributed by atoms with Gasteiger partial charge in [0.2, 0.25) is 5.91 Å². The van der Waals surface area contributed by atoms with Crippen molar-refractivity contribution in [2.24, 2.45) is 10.9 Å². The van der Waals surface area contributed by atoms with Crippen molar-refractivity contribution in [2.75, 3.05) is 50.7 Å². The van der Waals surface area contributed by atoms with Gasteiger partial charge in [0.05, 0.1) is 6.54 Å². The fourth-order valence-electron chi connectivity index (χ4n) is 2.79. The van der Waals surface area contributed by atoms with E-state index >= 15 is 0 Å². The van der Waals surface area contributed by atoms with Crippen LogP contribution in [0.2, 0.25) is 0 Å². The number of rotatable bonds is 6. The number of nitrogens with one attached hydrogen (secondary N) is 2. The summed E-state index contributed by atoms with van der Waals surface area (Å²) < 4.78 is 0. The summed E-state index contributed by atoms with van der Waals surface area (Å²) in [6.45, 7) is 11.8. The number of hydrogen-bond acceptors (Lipinski definition) is 3. The molecule has 0 bridgehead atoms. The van der Waals surface area contributed by atoms with Crippen LogP contribution in [0, 0.1) is 5.92 Å². The Morgan fingerprint density at radius 3 is 2.35 bits per heavy atom. The highest BCUT2D eigenvalue weighted by Crippen LogP contribution is 2.15. The summed E-state index contributed by atoms with van der Waals surface area (Å²) in [4.78, 5) is 21.0. The number of carbonyl (C=O) groups is 1. The molecule has 1 aromatic carbocycles. The Morgan fingerprint density at radius 2 is 1.77 bits per heavy atom. The lowest BCUT2D eigenvalue weighted by molar-refractivity contribution is -0.123. The summed E-state index contributed by atoms with van der Waals surface area (Å²) in [7, 11) is 0. The number of nitrogens with zero attached hydrogens (tertiary/aromatic N) is 3. The van der Waals surface area contributed by atoms with Crippen LogP contribution in [0.15, 0.2) is 35.3 Å². The number of amides is 1. The lowest BCUT2D eigenvalue weighted by Gasteiger charge is -2.37. The molecule has 26 heavy (non-hydrogen) atoms. The maximum Gasteiger partial charge on any atom is 0.222 e. The van der Waals surface area contributed by atoms with Crippen LogP contribution >= 0.6 is 24.0 Å². The topological polar surface area (TPSA) is 60.0 Å². The molecule has 7 heteroatoms. The summed E-state index contributed by atoms with van der Waals surface area (Å²) in [5, 5.41) is 6.27. The Bertz CT molecular complexity index is 556. The molecule has 0 aromatic heterocycles. The molecule has 1 heterocycles. The van der Waals surface area contributed by atoms with E-state index in [1.165, 1.54) is 5.69 Å². The van der Waals surface area contributed by atoms with Crippen molar-refractivity contribution in [1.82, 2.24) is 15.5 Å². The van der Waals surface area contributed by atoms with Gasteiger partial charge in [0.15, 0.2) is 5.96 Å². The van der Waals surface area contributed by atoms with Crippen molar-refractivity contribution in [3.63, 3.8) is 0 Å². The Labute approximate surface area is 174 Å². The van der Waals surface area contributed by atoms with Gasteiger partial charge in [-0.1, -0.05) is 32.0 Å². The Hall–Kier alpha value is -1.51. The van der Waals surface area contributed by atoms with Crippen LogP contribution in [-0.2, 0) is 4.79 Å². The quantitative estimate of drug-likeness (QED) is 0.288. The van der Waals surface area contributed by atoms with E-state index in [0.717, 1.165) is 38.7 Å². The Balaban J connectivity index is 0.00000338. The van der Waals surface area contributed by atoms with Gasteiger partial charge in [0, 0.05) is 50.9 Å². The largest absolute Gasteiger partial charge is 0.368 e. The van der Waals surface area contributed by atoms with Gasteiger partial charge in [-0.05, 0) is 19.1 Å². The third kappa shape index (κ3) is 7.01. The standard InChI is InChI=1S/C19H31N5O.HI/c1-4-20-19(22-11-10-21-18(25)16(2)3)24-14-12-23(13-15-24)17-8-6-5-7-9-17;/h5-9,16H,4,10-15H2,1-3H3,(H,20,22)(H,21,25);1H. The van der Waals surface area contributed by atoms with Crippen LogP contribution in [0.5, 0.6) is 0 Å². The lowest BCUT2D eigenvalue weighted by atomic mass is 10.2. The number of halogens is 1. The minimum absolute atomic E-state index is 0. The van der Waals surface area contributed by atoms with Crippen molar-refractivity contribution in [3.05, 3.63) is 30.3 Å². The second kappa shape index (κ2) is 12.0. The second-order valence-electron chi connectivity index (χ2n) is 6.49. The molecule has 0 atom stereocenters. The number of piperazine rings is 1. The number of carbonyl (C=O) groups excluding carboxylic acids is 1. The van der Waals surface area contributed by atoms with E-state index in [9.17, 15) is 4.79 Å². The highest BCUT2D eigenvalue weighted by Gasteiger charge is 2.19. The van der Waals surface area contributed by atoms with Gasteiger partial charge < -0.3 is 20.4 Å². The molecule has 1 aromatic rings. The third-order valence-electron chi connectivity index (χ3n) is 4.23. The van der Waals surface area contributed by atoms with E-state index in [-0.39, 0.29) is 35.8 Å². The van der Waals surface area contributed by atoms with Gasteiger partial charge in [-0.15, -0.1) is 24.0 Å². The van der Waals surface area contributed by atoms with Gasteiger partial charge in [-0.25, -0.2) is 0 Å². The van der Waals surface area contributed by atoms with E-state index in [4.69, 9.17) is 0 Å². The highest BCUT2D eigenvalue weighted by molar-refractivity contribution is 14.0. The van der Waals surface area contributed by atoms with Crippen LogP contribution in [-0.4, -0.2) is 62.6 Å². The monoisotopic (exact) mass is 473 g/mol. The van der Waals surface area contributed by atoms with E-state index in [2.05, 4.69) is 56.6 Å². The molecule has 2 N–H and O–H groups in total. The number of hydrogen-bond donors (Lipinski definition) is 2. The molecule has 1 aliphatic rings. The van der Waals surface area contributed by atoms with Crippen molar-refractivity contribution >= 4 is 41.5 Å². The smallest absolute Gasteiger partial charge is 0.222 e. The average Bonchev–Trinajstić information content (AvgIpc) is 2.65. The molecular weight excluding hydrogens is 441 g/mol. The minimum Gasteiger partial charge on any atom is -0.368 e. The van der Waals surface area contributed by atoms with Crippen LogP contribution in [0.25, 0.3) is 0 Å². The van der Waals surface area contributed by atoms with Crippen LogP contribution < -0.4 is 15.5 Å². The SMILES string of the molecule is CCNC(=NCCNC(=O)C(C)C)N1CCN(c2ccccc2)CC1.I. The lowest BCUT2D eigenvalue weighted by Crippen LogP contribution is -2.52. The van der Waals surface area contributed by atoms with Gasteiger partial charge in [-0.3, -0.25) is 9.79 Å². The van der Waals surface area contributed by atoms with E-state index in [0.29, 0.717) is 13.1 Å². The molecule has 6 nitrogen and oxygen atoms in total. The Morgan fingerprint density at radius 1 is 1.12 bits per heavy atom. The summed E-state index contributed by atoms with van der Waals surface area (Å²) in [6, 6.07) is 10.5. The number of benzene rings is 1. The summed E-state index contributed by atoms with van der Waals surface area (Å²) >= 11 is 0. The van der Waals surface area contributed by atoms with Crippen molar-refractivity contribution in [1.29, 1.82) is 0 Å². The molecule has 146 valence electrons. The maximum absolute atomic E-state index is 11.6. The second-order valence-corrected chi connectivity index (χ2v) is 6.49. The fraction of sp³-hybridized carbons (Fsp3) is 0.579. The van der Waals surface area contributed by atoms with Crippen molar-refractivity contribution in [2.45, 2.75) is 20.8 Å². The molecule has 1 amide bonds. The number of aliphatic imine (C=N–C) groups is 1. The molecule has 1 fully saturated rings. The van der Waals surface area contributed by atoms with Gasteiger partial charge >= 0.3 is 0 Å². The first-order valence-electron chi connectivity index (χ1n) is 9.22. The molecule has 0 unspecified atom stereocenters. The molecular formula is C19H32IN5O. The molecule has 1 aliphatic heterocycles. The summed E-state index contributed by atoms with van der Waals surface area (Å²) in [5.41, 5.74) is 1.28. The van der Waals surface area contributed by atoms with E-state index in [1.54, 1.807) is 0 Å². The summed E-state index contributed by atoms with van der Waals surface area (Å²) in [6.07, 6.45) is 0. The predicted molar refractivity (Wildman–Crippen MR) is 119 cm³/mol. The normalized spacial score (nSPS) is 14.8. The first kappa shape index (κ1) is 22.5. The van der Waals surface area contributed by atoms with Gasteiger partial charge in [0.1, 0.15) is 0 Å². The molecule has 0 aliphatic carbocycles. The fourth-order valence-corrected chi connectivity index (χ4v) is 2.79. The zero-order valence-corrected chi connectivity index (χ0v) is 18.4. The third-order valence-corrected chi connectivity index (χ3v) is 4.23. The van der Waals surface area contributed by atoms with Crippen LogP contribution in [0.3, 0.4) is 0 Å². The molecule has 1 saturated heterocycles. The highest BCUT2D eigenvalue weighted by atomic mass is 127. The Kier molecular flexibility index (Phi) is 10.4. The first-order chi connectivity index (χ1) is 12.1. The van der Waals surface area contributed by atoms with E-state index < -0.39 is 0 Å². The van der Waals surface area contributed by atoms with E-state index in [1.807, 2.05) is 19.9 Å². The van der Waals surface area contributed by atoms with Crippen molar-refractivity contribution < 1.29 is 4.79 Å². The van der Waals surface area contributed by atoms with Crippen LogP contribution in [0.4, 0.5) is 5.69 Å². The van der Waals surface area contributed by atoms with Crippen molar-refractivity contribution in [3.8, 4) is 0 Å². The zero-order chi connectivity index (χ0) is 18.1. The van der Waals surface area contributed by atoms with Gasteiger partial charge in [-0.2, -0.15) is 0 Å². The predicted octanol–water partition coefficient (Wildman–Crippen LogP) is 2.16. The zero-order valence-electron chi connectivity index (χ0n) is 16.1. The van der Waals surface area contributed by atoms with Gasteiger partial charge in [0.25, 0.3) is 0 Å². The first-order valence-corrected chi connectivity index (χ1v) is 9.22. The number of anilines is 1. The molecule has 0 radical (unpaired) electrons.